The Morgan fingerprint density at radius 1 is 0.911 bits per heavy atom. The van der Waals surface area contributed by atoms with Crippen LogP contribution in [0.4, 0.5) is 0 Å². The third-order valence-corrected chi connectivity index (χ3v) is 22.4. The number of Topliss-reactive ketones (excluding diaryl/α,β-unsaturated/α-hetero) is 1. The van der Waals surface area contributed by atoms with E-state index in [1.165, 1.54) is 5.57 Å². The van der Waals surface area contributed by atoms with E-state index < -0.39 is 34.7 Å². The highest BCUT2D eigenvalue weighted by atomic mass is 127. The number of esters is 1. The third-order valence-electron chi connectivity index (χ3n) is 19.0. The molecule has 6 aliphatic carbocycles. The Morgan fingerprint density at radius 2 is 1.57 bits per heavy atom. The second-order valence-electron chi connectivity index (χ2n) is 21.5. The van der Waals surface area contributed by atoms with Gasteiger partial charge in [0.1, 0.15) is 6.10 Å². The lowest BCUT2D eigenvalue weighted by molar-refractivity contribution is -0.265. The van der Waals surface area contributed by atoms with Gasteiger partial charge >= 0.3 is 11.9 Å². The van der Waals surface area contributed by atoms with Crippen molar-refractivity contribution >= 4 is 51.9 Å². The molecular weight excluding hydrogens is 837 g/mol. The number of aliphatic carboxylic acids is 1. The molecule has 0 saturated heterocycles. The van der Waals surface area contributed by atoms with E-state index in [1.807, 2.05) is 38.1 Å². The Hall–Kier alpha value is -1.49. The predicted octanol–water partition coefficient (Wildman–Crippen LogP) is 10.4. The van der Waals surface area contributed by atoms with Crippen molar-refractivity contribution in [2.24, 2.45) is 61.6 Å². The van der Waals surface area contributed by atoms with Crippen molar-refractivity contribution in [2.75, 3.05) is 6.54 Å². The second kappa shape index (κ2) is 13.8. The first-order valence-electron chi connectivity index (χ1n) is 21.4. The average molecular weight is 904 g/mol. The molecule has 310 valence electrons. The van der Waals surface area contributed by atoms with Gasteiger partial charge in [0.2, 0.25) is 0 Å². The fraction of sp³-hybridized carbons (Fsp3) is 0.766. The number of aliphatic hydroxyl groups is 1. The van der Waals surface area contributed by atoms with Gasteiger partial charge in [0, 0.05) is 38.8 Å². The summed E-state index contributed by atoms with van der Waals surface area (Å²) in [6, 6.07) is 7.81. The number of alkyl halides is 1. The topological polar surface area (TPSA) is 113 Å². The first kappa shape index (κ1) is 42.6. The van der Waals surface area contributed by atoms with Gasteiger partial charge in [-0.05, 0) is 114 Å². The number of aliphatic hydroxyl groups excluding tert-OH is 1. The number of carboxylic acids is 1. The van der Waals surface area contributed by atoms with Gasteiger partial charge in [0.25, 0.3) is 0 Å². The van der Waals surface area contributed by atoms with E-state index in [-0.39, 0.29) is 60.2 Å². The van der Waals surface area contributed by atoms with Gasteiger partial charge in [-0.25, -0.2) is 0 Å². The Bertz CT molecular complexity index is 1840. The number of hydrogen-bond donors (Lipinski definition) is 3. The van der Waals surface area contributed by atoms with Crippen LogP contribution in [0.25, 0.3) is 0 Å². The van der Waals surface area contributed by atoms with E-state index in [1.54, 1.807) is 0 Å². The number of ketones is 1. The minimum atomic E-state index is -0.835. The summed E-state index contributed by atoms with van der Waals surface area (Å²) in [4.78, 5) is 39.8. The summed E-state index contributed by atoms with van der Waals surface area (Å²) in [6.45, 7) is 24.0. The molecular formula is C47H67ClINO6. The van der Waals surface area contributed by atoms with Crippen LogP contribution in [-0.2, 0) is 25.7 Å². The number of benzene rings is 1. The van der Waals surface area contributed by atoms with Crippen LogP contribution >= 0.6 is 34.2 Å². The van der Waals surface area contributed by atoms with Crippen molar-refractivity contribution in [3.8, 4) is 0 Å². The molecule has 3 N–H and O–H groups in total. The van der Waals surface area contributed by atoms with E-state index in [4.69, 9.17) is 16.3 Å². The van der Waals surface area contributed by atoms with E-state index >= 15 is 0 Å². The molecule has 0 aliphatic heterocycles. The molecule has 7 rings (SSSR count). The summed E-state index contributed by atoms with van der Waals surface area (Å²) >= 11 is 9.28. The zero-order chi connectivity index (χ0) is 41.2. The molecule has 0 bridgehead atoms. The van der Waals surface area contributed by atoms with Gasteiger partial charge in [-0.2, -0.15) is 0 Å². The first-order valence-corrected chi connectivity index (χ1v) is 22.9. The first-order chi connectivity index (χ1) is 25.9. The van der Waals surface area contributed by atoms with Crippen LogP contribution in [0.1, 0.15) is 139 Å². The van der Waals surface area contributed by atoms with Gasteiger partial charge < -0.3 is 20.3 Å². The van der Waals surface area contributed by atoms with Gasteiger partial charge in [0.05, 0.1) is 17.9 Å². The minimum absolute atomic E-state index is 0.0299. The molecule has 56 heavy (non-hydrogen) atoms. The molecule has 7 nitrogen and oxygen atoms in total. The van der Waals surface area contributed by atoms with E-state index in [0.717, 1.165) is 62.5 Å². The Kier molecular flexibility index (Phi) is 10.5. The third kappa shape index (κ3) is 5.48. The number of ether oxygens (including phenoxy) is 1. The number of fused-ring (bicyclic) bond motifs is 7. The summed E-state index contributed by atoms with van der Waals surface area (Å²) in [5.41, 5.74) is 1.57. The van der Waals surface area contributed by atoms with Crippen LogP contribution < -0.4 is 5.32 Å². The molecule has 0 heterocycles. The highest BCUT2D eigenvalue weighted by molar-refractivity contribution is 14.1. The van der Waals surface area contributed by atoms with Crippen LogP contribution in [0.5, 0.6) is 0 Å². The van der Waals surface area contributed by atoms with Crippen molar-refractivity contribution < 1.29 is 29.3 Å². The van der Waals surface area contributed by atoms with E-state index in [9.17, 15) is 24.6 Å². The molecule has 1 aromatic carbocycles. The molecule has 0 amide bonds. The molecule has 0 spiro atoms. The molecule has 6 aliphatic rings. The van der Waals surface area contributed by atoms with Crippen LogP contribution in [-0.4, -0.2) is 50.1 Å². The summed E-state index contributed by atoms with van der Waals surface area (Å²) in [7, 11) is 0. The number of halogens is 2. The van der Waals surface area contributed by atoms with Gasteiger partial charge in [-0.15, -0.1) is 0 Å². The van der Waals surface area contributed by atoms with Crippen molar-refractivity contribution in [1.82, 2.24) is 5.32 Å². The van der Waals surface area contributed by atoms with Crippen LogP contribution in [0.15, 0.2) is 35.4 Å². The van der Waals surface area contributed by atoms with Crippen molar-refractivity contribution in [2.45, 2.75) is 156 Å². The second-order valence-corrected chi connectivity index (χ2v) is 23.7. The maximum absolute atomic E-state index is 14.2. The smallest absolute Gasteiger partial charge is 0.309 e. The maximum atomic E-state index is 14.2. The molecule has 5 fully saturated rings. The zero-order valence-electron chi connectivity index (χ0n) is 35.5. The van der Waals surface area contributed by atoms with Crippen molar-refractivity contribution in [3.05, 3.63) is 46.0 Å². The van der Waals surface area contributed by atoms with Crippen LogP contribution in [0.2, 0.25) is 5.02 Å². The molecule has 0 unspecified atom stereocenters. The molecule has 5 saturated carbocycles. The summed E-state index contributed by atoms with van der Waals surface area (Å²) in [6.07, 6.45) is 7.39. The maximum Gasteiger partial charge on any atom is 0.309 e. The largest absolute Gasteiger partial charge is 0.481 e. The number of carbonyl (C=O) groups is 3. The summed E-state index contributed by atoms with van der Waals surface area (Å²) < 4.78 is 6.36. The molecule has 0 aromatic heterocycles. The fourth-order valence-electron chi connectivity index (χ4n) is 14.7. The molecule has 11 atom stereocenters. The SMILES string of the molecule is CC(C)C1=C2[C@H]3CC[C@]4(C)[C@@]5(C)CC[C@H](OC(=O)[C@H]6C[C@@H](C(=O)O)C6(C)C)C(C)(C)[C@]5(I)CC[C@@]4(C)[C@]3(C)CC[C@@]2([C@@H](O)CNCc2ccccc2Cl)CC1=O. The quantitative estimate of drug-likeness (QED) is 0.129. The Labute approximate surface area is 354 Å². The Morgan fingerprint density at radius 3 is 2.20 bits per heavy atom. The monoisotopic (exact) mass is 903 g/mol. The molecule has 1 aromatic rings. The van der Waals surface area contributed by atoms with Gasteiger partial charge in [0.15, 0.2) is 5.78 Å². The van der Waals surface area contributed by atoms with Crippen LogP contribution in [0.3, 0.4) is 0 Å². The standard InChI is InChI=1S/C47H67ClINO6/c1-27(2)36-33(51)24-46(34(52)26-50-25-28-13-11-12-14-32(28)48)21-19-42(7)29(37(36)46)15-17-44(9)43(42,8)20-22-47(49)41(5,6)35(16-18-45(44,47)10)56-39(55)31-23-30(38(53)54)40(31,3)4/h11-14,27,29-31,34-35,50,52H,15-26H2,1-10H3,(H,53,54)/t29-,30+,31-,34+,35+,42-,43+,44+,45-,46+,47-/m1/s1. The zero-order valence-corrected chi connectivity index (χ0v) is 38.5. The van der Waals surface area contributed by atoms with E-state index in [2.05, 4.69) is 83.3 Å². The predicted molar refractivity (Wildman–Crippen MR) is 229 cm³/mol. The number of rotatable bonds is 9. The number of hydrogen-bond acceptors (Lipinski definition) is 6. The molecule has 9 heteroatoms. The highest BCUT2D eigenvalue weighted by Gasteiger charge is 2.78. The normalized spacial score (nSPS) is 42.9. The summed E-state index contributed by atoms with van der Waals surface area (Å²) in [5.74, 6) is -1.46. The average Bonchev–Trinajstić information content (AvgIpc) is 3.43. The van der Waals surface area contributed by atoms with Gasteiger partial charge in [-0.3, -0.25) is 14.4 Å². The highest BCUT2D eigenvalue weighted by Crippen LogP contribution is 2.83. The number of carboxylic acid groups (broad SMARTS) is 1. The Balaban J connectivity index is 1.18. The number of carbonyl (C=O) groups excluding carboxylic acids is 2. The van der Waals surface area contributed by atoms with Crippen molar-refractivity contribution in [1.29, 1.82) is 0 Å². The lowest BCUT2D eigenvalue weighted by Crippen LogP contribution is -2.75. The van der Waals surface area contributed by atoms with E-state index in [0.29, 0.717) is 31.0 Å². The van der Waals surface area contributed by atoms with Gasteiger partial charge in [-0.1, -0.05) is 127 Å². The summed E-state index contributed by atoms with van der Waals surface area (Å²) in [5, 5.41) is 26.2. The lowest BCUT2D eigenvalue weighted by atomic mass is 9.28. The molecule has 0 radical (unpaired) electrons. The number of nitrogens with one attached hydrogen (secondary N) is 1. The fourth-order valence-corrected chi connectivity index (χ4v) is 16.4. The minimum Gasteiger partial charge on any atom is -0.481 e. The lowest BCUT2D eigenvalue weighted by Gasteiger charge is -2.79. The van der Waals surface area contributed by atoms with Crippen LogP contribution in [0, 0.1) is 61.6 Å². The van der Waals surface area contributed by atoms with Crippen molar-refractivity contribution in [3.63, 3.8) is 0 Å². The number of allylic oxidation sites excluding steroid dienone is 1.